The van der Waals surface area contributed by atoms with Crippen LogP contribution in [-0.2, 0) is 6.42 Å². The summed E-state index contributed by atoms with van der Waals surface area (Å²) in [6, 6.07) is 6.17. The molecule has 0 saturated carbocycles. The molecule has 1 heterocycles. The van der Waals surface area contributed by atoms with Crippen LogP contribution in [0.4, 0.5) is 0 Å². The van der Waals surface area contributed by atoms with E-state index >= 15 is 0 Å². The van der Waals surface area contributed by atoms with Gasteiger partial charge in [0.15, 0.2) is 11.5 Å². The molecule has 2 heteroatoms. The fraction of sp³-hybridized carbons (Fsp3) is 0.538. The molecule has 1 aromatic rings. The second-order valence-corrected chi connectivity index (χ2v) is 4.39. The molecule has 0 amide bonds. The molecule has 2 nitrogen and oxygen atoms in total. The Morgan fingerprint density at radius 2 is 2.00 bits per heavy atom. The molecule has 0 radical (unpaired) electrons. The third-order valence-electron chi connectivity index (χ3n) is 2.48. The smallest absolute Gasteiger partial charge is 0.164 e. The minimum absolute atomic E-state index is 0.642. The Balaban J connectivity index is 2.30. The Kier molecular flexibility index (Phi) is 3.14. The predicted octanol–water partition coefficient (Wildman–Crippen LogP) is 3.05. The SMILES string of the molecule is CC(C)Cc1cccc2c1OCCCO2. The van der Waals surface area contributed by atoms with Gasteiger partial charge in [0, 0.05) is 6.42 Å². The van der Waals surface area contributed by atoms with Crippen molar-refractivity contribution >= 4 is 0 Å². The first-order valence-corrected chi connectivity index (χ1v) is 5.65. The summed E-state index contributed by atoms with van der Waals surface area (Å²) in [5.41, 5.74) is 1.27. The third-order valence-corrected chi connectivity index (χ3v) is 2.48. The average Bonchev–Trinajstić information content (AvgIpc) is 2.42. The van der Waals surface area contributed by atoms with E-state index in [0.717, 1.165) is 37.6 Å². The van der Waals surface area contributed by atoms with Crippen molar-refractivity contribution < 1.29 is 9.47 Å². The normalized spacial score (nSPS) is 15.1. The highest BCUT2D eigenvalue weighted by molar-refractivity contribution is 5.47. The molecule has 0 aromatic heterocycles. The second-order valence-electron chi connectivity index (χ2n) is 4.39. The lowest BCUT2D eigenvalue weighted by Gasteiger charge is -2.13. The van der Waals surface area contributed by atoms with E-state index in [2.05, 4.69) is 19.9 Å². The first-order chi connectivity index (χ1) is 7.27. The van der Waals surface area contributed by atoms with Gasteiger partial charge in [0.05, 0.1) is 13.2 Å². The van der Waals surface area contributed by atoms with Gasteiger partial charge in [0.1, 0.15) is 0 Å². The number of hydrogen-bond donors (Lipinski definition) is 0. The maximum Gasteiger partial charge on any atom is 0.164 e. The lowest BCUT2D eigenvalue weighted by molar-refractivity contribution is 0.296. The van der Waals surface area contributed by atoms with Gasteiger partial charge in [-0.1, -0.05) is 26.0 Å². The standard InChI is InChI=1S/C13H18O2/c1-10(2)9-11-5-3-6-12-13(11)15-8-4-7-14-12/h3,5-6,10H,4,7-9H2,1-2H3. The summed E-state index contributed by atoms with van der Waals surface area (Å²) in [4.78, 5) is 0. The number of rotatable bonds is 2. The molecule has 0 fully saturated rings. The Labute approximate surface area is 91.2 Å². The van der Waals surface area contributed by atoms with Crippen LogP contribution in [0.2, 0.25) is 0 Å². The van der Waals surface area contributed by atoms with Gasteiger partial charge in [-0.2, -0.15) is 0 Å². The molecular formula is C13H18O2. The average molecular weight is 206 g/mol. The zero-order valence-corrected chi connectivity index (χ0v) is 9.45. The van der Waals surface area contributed by atoms with Crippen molar-refractivity contribution in [2.24, 2.45) is 5.92 Å². The molecule has 0 N–H and O–H groups in total. The maximum atomic E-state index is 5.76. The molecule has 15 heavy (non-hydrogen) atoms. The van der Waals surface area contributed by atoms with Crippen molar-refractivity contribution in [2.75, 3.05) is 13.2 Å². The molecular weight excluding hydrogens is 188 g/mol. The summed E-state index contributed by atoms with van der Waals surface area (Å²) < 4.78 is 11.4. The van der Waals surface area contributed by atoms with E-state index in [1.54, 1.807) is 0 Å². The van der Waals surface area contributed by atoms with Gasteiger partial charge in [-0.15, -0.1) is 0 Å². The molecule has 1 aliphatic rings. The second kappa shape index (κ2) is 4.56. The van der Waals surface area contributed by atoms with Crippen LogP contribution in [0.25, 0.3) is 0 Å². The highest BCUT2D eigenvalue weighted by Gasteiger charge is 2.14. The third kappa shape index (κ3) is 2.44. The summed E-state index contributed by atoms with van der Waals surface area (Å²) >= 11 is 0. The summed E-state index contributed by atoms with van der Waals surface area (Å²) in [5, 5.41) is 0. The number of benzene rings is 1. The van der Waals surface area contributed by atoms with Crippen LogP contribution in [0.3, 0.4) is 0 Å². The fourth-order valence-corrected chi connectivity index (χ4v) is 1.85. The summed E-state index contributed by atoms with van der Waals surface area (Å²) in [6.45, 7) is 5.97. The molecule has 0 unspecified atom stereocenters. The minimum atomic E-state index is 0.642. The van der Waals surface area contributed by atoms with E-state index in [9.17, 15) is 0 Å². The highest BCUT2D eigenvalue weighted by Crippen LogP contribution is 2.34. The zero-order valence-electron chi connectivity index (χ0n) is 9.45. The Bertz CT molecular complexity index is 331. The zero-order chi connectivity index (χ0) is 10.7. The Hall–Kier alpha value is -1.18. The van der Waals surface area contributed by atoms with Crippen LogP contribution in [0, 0.1) is 5.92 Å². The van der Waals surface area contributed by atoms with Crippen molar-refractivity contribution in [1.29, 1.82) is 0 Å². The number of fused-ring (bicyclic) bond motifs is 1. The molecule has 0 atom stereocenters. The van der Waals surface area contributed by atoms with Crippen molar-refractivity contribution in [2.45, 2.75) is 26.7 Å². The molecule has 0 saturated heterocycles. The minimum Gasteiger partial charge on any atom is -0.490 e. The van der Waals surface area contributed by atoms with E-state index < -0.39 is 0 Å². The summed E-state index contributed by atoms with van der Waals surface area (Å²) in [5.74, 6) is 2.51. The molecule has 1 aliphatic heterocycles. The van der Waals surface area contributed by atoms with Crippen LogP contribution in [0.5, 0.6) is 11.5 Å². The molecule has 0 bridgehead atoms. The van der Waals surface area contributed by atoms with Crippen molar-refractivity contribution in [3.05, 3.63) is 23.8 Å². The lowest BCUT2D eigenvalue weighted by Crippen LogP contribution is -2.01. The highest BCUT2D eigenvalue weighted by atomic mass is 16.5. The van der Waals surface area contributed by atoms with Crippen LogP contribution in [0.1, 0.15) is 25.8 Å². The van der Waals surface area contributed by atoms with Gasteiger partial charge in [0.2, 0.25) is 0 Å². The number of ether oxygens (including phenoxy) is 2. The first-order valence-electron chi connectivity index (χ1n) is 5.65. The number of para-hydroxylation sites is 1. The summed E-state index contributed by atoms with van der Waals surface area (Å²) in [7, 11) is 0. The Morgan fingerprint density at radius 1 is 1.20 bits per heavy atom. The molecule has 0 aliphatic carbocycles. The molecule has 2 rings (SSSR count). The topological polar surface area (TPSA) is 18.5 Å². The van der Waals surface area contributed by atoms with Crippen LogP contribution >= 0.6 is 0 Å². The quantitative estimate of drug-likeness (QED) is 0.740. The number of hydrogen-bond acceptors (Lipinski definition) is 2. The van der Waals surface area contributed by atoms with E-state index in [-0.39, 0.29) is 0 Å². The fourth-order valence-electron chi connectivity index (χ4n) is 1.85. The van der Waals surface area contributed by atoms with Crippen LogP contribution in [-0.4, -0.2) is 13.2 Å². The van der Waals surface area contributed by atoms with E-state index in [0.29, 0.717) is 5.92 Å². The predicted molar refractivity (Wildman–Crippen MR) is 60.6 cm³/mol. The van der Waals surface area contributed by atoms with E-state index in [1.807, 2.05) is 12.1 Å². The molecule has 82 valence electrons. The first kappa shape index (κ1) is 10.3. The van der Waals surface area contributed by atoms with Gasteiger partial charge >= 0.3 is 0 Å². The van der Waals surface area contributed by atoms with Gasteiger partial charge in [-0.05, 0) is 24.0 Å². The van der Waals surface area contributed by atoms with Gasteiger partial charge < -0.3 is 9.47 Å². The monoisotopic (exact) mass is 206 g/mol. The van der Waals surface area contributed by atoms with Gasteiger partial charge in [-0.3, -0.25) is 0 Å². The largest absolute Gasteiger partial charge is 0.490 e. The Morgan fingerprint density at radius 3 is 2.80 bits per heavy atom. The molecule has 0 spiro atoms. The van der Waals surface area contributed by atoms with Gasteiger partial charge in [-0.25, -0.2) is 0 Å². The lowest BCUT2D eigenvalue weighted by atomic mass is 10.0. The van der Waals surface area contributed by atoms with Crippen LogP contribution in [0.15, 0.2) is 18.2 Å². The maximum absolute atomic E-state index is 5.76. The summed E-state index contributed by atoms with van der Waals surface area (Å²) in [6.07, 6.45) is 2.02. The molecule has 1 aromatic carbocycles. The van der Waals surface area contributed by atoms with E-state index in [1.165, 1.54) is 5.56 Å². The van der Waals surface area contributed by atoms with E-state index in [4.69, 9.17) is 9.47 Å². The van der Waals surface area contributed by atoms with Gasteiger partial charge in [0.25, 0.3) is 0 Å². The van der Waals surface area contributed by atoms with Crippen molar-refractivity contribution in [3.63, 3.8) is 0 Å². The van der Waals surface area contributed by atoms with Crippen molar-refractivity contribution in [1.82, 2.24) is 0 Å². The van der Waals surface area contributed by atoms with Crippen molar-refractivity contribution in [3.8, 4) is 11.5 Å². The van der Waals surface area contributed by atoms with Crippen LogP contribution < -0.4 is 9.47 Å².